The molecule has 7 aromatic rings. The first-order valence-corrected chi connectivity index (χ1v) is 15.0. The Morgan fingerprint density at radius 1 is 0.644 bits per heavy atom. The minimum Gasteiger partial charge on any atom is -0.497 e. The first kappa shape index (κ1) is 25.9. The normalized spacial score (nSPS) is 15.9. The number of furan rings is 1. The van der Waals surface area contributed by atoms with Gasteiger partial charge in [0, 0.05) is 44.0 Å². The second-order valence-corrected chi connectivity index (χ2v) is 11.6. The molecule has 45 heavy (non-hydrogen) atoms. The molecule has 6 aromatic carbocycles. The lowest BCUT2D eigenvalue weighted by atomic mass is 9.81. The third-order valence-corrected chi connectivity index (χ3v) is 9.43. The highest BCUT2D eigenvalue weighted by molar-refractivity contribution is 6.14. The Balaban J connectivity index is 1.32. The molecule has 1 aliphatic heterocycles. The summed E-state index contributed by atoms with van der Waals surface area (Å²) >= 11 is 0. The fraction of sp³-hybridized carbons (Fsp3) is 0.100. The Labute approximate surface area is 259 Å². The molecule has 2 heterocycles. The molecule has 0 radical (unpaired) electrons. The molecule has 0 spiro atoms. The van der Waals surface area contributed by atoms with Crippen molar-refractivity contribution in [1.82, 2.24) is 0 Å². The number of aliphatic hydroxyl groups excluding tert-OH is 1. The van der Waals surface area contributed by atoms with E-state index >= 15 is 0 Å². The van der Waals surface area contributed by atoms with E-state index in [9.17, 15) is 5.11 Å². The molecule has 0 fully saturated rings. The number of methoxy groups -OCH3 is 2. The van der Waals surface area contributed by atoms with Gasteiger partial charge in [0.1, 0.15) is 34.5 Å². The van der Waals surface area contributed by atoms with Crippen LogP contribution in [0.15, 0.2) is 120 Å². The smallest absolute Gasteiger partial charge is 0.178 e. The summed E-state index contributed by atoms with van der Waals surface area (Å²) in [7, 11) is 3.33. The molecular weight excluding hydrogens is 560 g/mol. The molecule has 0 saturated carbocycles. The van der Waals surface area contributed by atoms with Crippen molar-refractivity contribution in [1.29, 1.82) is 0 Å². The predicted molar refractivity (Wildman–Crippen MR) is 177 cm³/mol. The van der Waals surface area contributed by atoms with Gasteiger partial charge in [0.2, 0.25) is 0 Å². The molecule has 9 rings (SSSR count). The van der Waals surface area contributed by atoms with Gasteiger partial charge in [-0.1, -0.05) is 78.9 Å². The van der Waals surface area contributed by atoms with Crippen molar-refractivity contribution in [3.05, 3.63) is 143 Å². The summed E-state index contributed by atoms with van der Waals surface area (Å²) in [4.78, 5) is 0. The van der Waals surface area contributed by atoms with Crippen LogP contribution >= 0.6 is 0 Å². The van der Waals surface area contributed by atoms with E-state index in [-0.39, 0.29) is 0 Å². The first-order chi connectivity index (χ1) is 22.1. The van der Waals surface area contributed by atoms with Crippen LogP contribution < -0.4 is 14.2 Å². The number of aliphatic hydroxyl groups is 1. The SMILES string of the molecule is COc1ccc(C2(c3ccc(OC)cc3)C=Cc3c4c(c5ccccc5c3O2)-c2ccc3oc5ccccc5c3c2C4O)cc1. The third-order valence-electron chi connectivity index (χ3n) is 9.43. The number of hydrogen-bond acceptors (Lipinski definition) is 5. The molecule has 2 aliphatic rings. The molecule has 1 aromatic heterocycles. The monoisotopic (exact) mass is 588 g/mol. The fourth-order valence-corrected chi connectivity index (χ4v) is 7.34. The largest absolute Gasteiger partial charge is 0.497 e. The van der Waals surface area contributed by atoms with Crippen LogP contribution in [0.25, 0.3) is 49.9 Å². The molecule has 1 atom stereocenters. The zero-order valence-corrected chi connectivity index (χ0v) is 24.7. The summed E-state index contributed by atoms with van der Waals surface area (Å²) in [6.07, 6.45) is 3.37. The molecule has 5 nitrogen and oxygen atoms in total. The molecular formula is C40H28O5. The summed E-state index contributed by atoms with van der Waals surface area (Å²) in [5.74, 6) is 2.27. The number of rotatable bonds is 4. The van der Waals surface area contributed by atoms with Crippen LogP contribution in [0.4, 0.5) is 0 Å². The van der Waals surface area contributed by atoms with Crippen molar-refractivity contribution in [2.45, 2.75) is 11.7 Å². The highest BCUT2D eigenvalue weighted by Crippen LogP contribution is 2.57. The lowest BCUT2D eigenvalue weighted by molar-refractivity contribution is 0.162. The minimum atomic E-state index is -0.938. The Morgan fingerprint density at radius 2 is 1.27 bits per heavy atom. The molecule has 1 unspecified atom stereocenters. The van der Waals surface area contributed by atoms with Crippen LogP contribution in [0.2, 0.25) is 0 Å². The zero-order valence-electron chi connectivity index (χ0n) is 24.7. The van der Waals surface area contributed by atoms with Crippen LogP contribution in [-0.2, 0) is 5.60 Å². The lowest BCUT2D eigenvalue weighted by Gasteiger charge is -2.37. The maximum atomic E-state index is 12.2. The van der Waals surface area contributed by atoms with Gasteiger partial charge >= 0.3 is 0 Å². The molecule has 1 aliphatic carbocycles. The Morgan fingerprint density at radius 3 is 1.93 bits per heavy atom. The number of ether oxygens (including phenoxy) is 3. The van der Waals surface area contributed by atoms with Gasteiger partial charge in [-0.15, -0.1) is 0 Å². The summed E-state index contributed by atoms with van der Waals surface area (Å²) in [5.41, 5.74) is 7.21. The summed E-state index contributed by atoms with van der Waals surface area (Å²) < 4.78 is 24.4. The zero-order chi connectivity index (χ0) is 30.3. The van der Waals surface area contributed by atoms with Crippen LogP contribution in [0.3, 0.4) is 0 Å². The van der Waals surface area contributed by atoms with Crippen LogP contribution in [0.1, 0.15) is 33.9 Å². The van der Waals surface area contributed by atoms with Gasteiger partial charge in [0.05, 0.1) is 14.2 Å². The van der Waals surface area contributed by atoms with Crippen LogP contribution in [-0.4, -0.2) is 19.3 Å². The summed E-state index contributed by atoms with van der Waals surface area (Å²) in [6.45, 7) is 0. The van der Waals surface area contributed by atoms with Crippen LogP contribution in [0, 0.1) is 0 Å². The van der Waals surface area contributed by atoms with Gasteiger partial charge in [-0.2, -0.15) is 0 Å². The average molecular weight is 589 g/mol. The van der Waals surface area contributed by atoms with E-state index in [4.69, 9.17) is 18.6 Å². The number of hydrogen-bond donors (Lipinski definition) is 1. The van der Waals surface area contributed by atoms with Gasteiger partial charge in [-0.3, -0.25) is 0 Å². The van der Waals surface area contributed by atoms with Crippen molar-refractivity contribution in [2.24, 2.45) is 0 Å². The molecule has 1 N–H and O–H groups in total. The fourth-order valence-electron chi connectivity index (χ4n) is 7.34. The van der Waals surface area contributed by atoms with E-state index in [0.29, 0.717) is 0 Å². The summed E-state index contributed by atoms with van der Waals surface area (Å²) in [5, 5.41) is 16.2. The highest BCUT2D eigenvalue weighted by atomic mass is 16.5. The van der Waals surface area contributed by atoms with Gasteiger partial charge in [-0.25, -0.2) is 0 Å². The van der Waals surface area contributed by atoms with Gasteiger partial charge in [0.15, 0.2) is 5.60 Å². The predicted octanol–water partition coefficient (Wildman–Crippen LogP) is 9.17. The number of fused-ring (bicyclic) bond motifs is 12. The van der Waals surface area contributed by atoms with E-state index in [1.54, 1.807) is 14.2 Å². The minimum absolute atomic E-state index is 0.735. The molecule has 5 heteroatoms. The van der Waals surface area contributed by atoms with Crippen LogP contribution in [0.5, 0.6) is 17.2 Å². The standard InChI is InChI=1S/C40H28O5/c1-42-25-15-11-23(12-16-25)40(24-13-17-26(43-2)18-14-24)22-21-31-37-34(27-7-3-4-8-28(27)39(31)45-40)30-19-20-33-35(36(30)38(37)41)29-9-5-6-10-32(29)44-33/h3-22,38,41H,1-2H3. The van der Waals surface area contributed by atoms with Gasteiger partial charge < -0.3 is 23.7 Å². The van der Waals surface area contributed by atoms with Crippen molar-refractivity contribution < 1.29 is 23.7 Å². The van der Waals surface area contributed by atoms with E-state index in [1.165, 1.54) is 0 Å². The van der Waals surface area contributed by atoms with Gasteiger partial charge in [0.25, 0.3) is 0 Å². The Kier molecular flexibility index (Phi) is 5.47. The second kappa shape index (κ2) is 9.49. The third kappa shape index (κ3) is 3.53. The quantitative estimate of drug-likeness (QED) is 0.222. The van der Waals surface area contributed by atoms with Crippen molar-refractivity contribution >= 4 is 38.8 Å². The van der Waals surface area contributed by atoms with Crippen molar-refractivity contribution in [2.75, 3.05) is 14.2 Å². The van der Waals surface area contributed by atoms with E-state index < -0.39 is 11.7 Å². The maximum absolute atomic E-state index is 12.2. The summed E-state index contributed by atoms with van der Waals surface area (Å²) in [6, 6.07) is 36.4. The maximum Gasteiger partial charge on any atom is 0.178 e. The lowest BCUT2D eigenvalue weighted by Crippen LogP contribution is -2.34. The number of benzene rings is 6. The topological polar surface area (TPSA) is 61.1 Å². The Hall–Kier alpha value is -5.52. The van der Waals surface area contributed by atoms with E-state index in [1.807, 2.05) is 84.9 Å². The van der Waals surface area contributed by atoms with Gasteiger partial charge in [-0.05, 0) is 59.0 Å². The molecule has 0 amide bonds. The molecule has 218 valence electrons. The molecule has 0 saturated heterocycles. The number of para-hydroxylation sites is 1. The van der Waals surface area contributed by atoms with Crippen molar-refractivity contribution in [3.8, 4) is 28.4 Å². The molecule has 0 bridgehead atoms. The average Bonchev–Trinajstić information content (AvgIpc) is 3.63. The second-order valence-electron chi connectivity index (χ2n) is 11.6. The van der Waals surface area contributed by atoms with E-state index in [2.05, 4.69) is 36.4 Å². The highest BCUT2D eigenvalue weighted by Gasteiger charge is 2.42. The van der Waals surface area contributed by atoms with E-state index in [0.717, 1.165) is 88.9 Å². The van der Waals surface area contributed by atoms with Crippen molar-refractivity contribution in [3.63, 3.8) is 0 Å². The Bertz CT molecular complexity index is 2280. The first-order valence-electron chi connectivity index (χ1n) is 15.0.